The van der Waals surface area contributed by atoms with Crippen LogP contribution in [0, 0.1) is 0 Å². The van der Waals surface area contributed by atoms with Crippen molar-refractivity contribution in [2.45, 2.75) is 55.8 Å². The molecule has 0 radical (unpaired) electrons. The molecule has 2 N–H and O–H groups in total. The monoisotopic (exact) mass is 379 g/mol. The molecule has 1 fully saturated rings. The zero-order chi connectivity index (χ0) is 17.6. The molecule has 1 heterocycles. The van der Waals surface area contributed by atoms with Crippen LogP contribution < -0.4 is 5.32 Å². The molecular weight excluding hydrogens is 358 g/mol. The van der Waals surface area contributed by atoms with Gasteiger partial charge in [-0.3, -0.25) is 4.79 Å². The first-order chi connectivity index (χ1) is 12.2. The molecule has 0 spiro atoms. The predicted molar refractivity (Wildman–Crippen MR) is 99.6 cm³/mol. The molecule has 0 atom stereocenters. The van der Waals surface area contributed by atoms with E-state index in [9.17, 15) is 9.90 Å². The summed E-state index contributed by atoms with van der Waals surface area (Å²) in [6.07, 6.45) is 6.11. The summed E-state index contributed by atoms with van der Waals surface area (Å²) in [4.78, 5) is 16.7. The highest BCUT2D eigenvalue weighted by Crippen LogP contribution is 2.24. The lowest BCUT2D eigenvalue weighted by Crippen LogP contribution is -2.35. The number of amides is 1. The van der Waals surface area contributed by atoms with Gasteiger partial charge in [-0.2, -0.15) is 0 Å². The fraction of sp³-hybridized carbons (Fsp3) is 0.444. The summed E-state index contributed by atoms with van der Waals surface area (Å²) in [6.45, 7) is 0.0561. The zero-order valence-electron chi connectivity index (χ0n) is 13.9. The van der Waals surface area contributed by atoms with Gasteiger partial charge in [0, 0.05) is 16.8 Å². The number of benzene rings is 1. The van der Waals surface area contributed by atoms with E-state index in [2.05, 4.69) is 10.3 Å². The first-order valence-electron chi connectivity index (χ1n) is 8.47. The average Bonchev–Trinajstić information content (AvgIpc) is 3.24. The number of rotatable bonds is 7. The minimum Gasteiger partial charge on any atom is -0.390 e. The van der Waals surface area contributed by atoms with Gasteiger partial charge in [0.25, 0.3) is 0 Å². The number of carbonyl (C=O) groups excluding carboxylic acids is 1. The van der Waals surface area contributed by atoms with Crippen molar-refractivity contribution in [3.05, 3.63) is 46.7 Å². The molecule has 1 aromatic carbocycles. The molecule has 1 saturated carbocycles. The number of hydrogen-bond donors (Lipinski definition) is 2. The third-order valence-electron chi connectivity index (χ3n) is 4.37. The fourth-order valence-corrected chi connectivity index (χ4v) is 4.10. The Morgan fingerprint density at radius 1 is 1.32 bits per heavy atom. The van der Waals surface area contributed by atoms with Crippen molar-refractivity contribution >= 4 is 29.3 Å². The van der Waals surface area contributed by atoms with Crippen LogP contribution in [0.3, 0.4) is 0 Å². The smallest absolute Gasteiger partial charge is 0.240 e. The topological polar surface area (TPSA) is 67.2 Å². The quantitative estimate of drug-likeness (QED) is 0.724. The van der Waals surface area contributed by atoms with E-state index in [1.807, 2.05) is 24.3 Å². The van der Waals surface area contributed by atoms with E-state index in [4.69, 9.17) is 11.6 Å². The maximum Gasteiger partial charge on any atom is 0.240 e. The molecule has 0 saturated heterocycles. The molecule has 1 amide bonds. The molecule has 25 heavy (non-hydrogen) atoms. The van der Waals surface area contributed by atoms with Gasteiger partial charge in [-0.25, -0.2) is 4.98 Å². The molecule has 0 bridgehead atoms. The van der Waals surface area contributed by atoms with Crippen molar-refractivity contribution in [2.75, 3.05) is 0 Å². The van der Waals surface area contributed by atoms with E-state index >= 15 is 0 Å². The summed E-state index contributed by atoms with van der Waals surface area (Å²) in [7, 11) is 0. The molecule has 134 valence electrons. The number of thioether (sulfide) groups is 1. The predicted octanol–water partition coefficient (Wildman–Crippen LogP) is 3.38. The highest BCUT2D eigenvalue weighted by Gasteiger charge is 2.19. The van der Waals surface area contributed by atoms with Crippen LogP contribution in [0.4, 0.5) is 0 Å². The number of aliphatic hydroxyl groups is 1. The molecule has 1 aromatic heterocycles. The van der Waals surface area contributed by atoms with Gasteiger partial charge in [0.1, 0.15) is 6.54 Å². The third kappa shape index (κ3) is 5.00. The number of nitrogens with zero attached hydrogens (tertiary/aromatic N) is 2. The van der Waals surface area contributed by atoms with E-state index in [1.165, 1.54) is 12.8 Å². The largest absolute Gasteiger partial charge is 0.390 e. The lowest BCUT2D eigenvalue weighted by molar-refractivity contribution is -0.122. The number of nitrogens with one attached hydrogen (secondary N) is 1. The van der Waals surface area contributed by atoms with Crippen molar-refractivity contribution < 1.29 is 9.90 Å². The third-order valence-corrected chi connectivity index (χ3v) is 5.68. The minimum absolute atomic E-state index is 0.0204. The number of hydrogen-bond acceptors (Lipinski definition) is 4. The van der Waals surface area contributed by atoms with Gasteiger partial charge in [-0.15, -0.1) is 0 Å². The van der Waals surface area contributed by atoms with Crippen LogP contribution in [0.1, 0.15) is 36.9 Å². The van der Waals surface area contributed by atoms with Crippen LogP contribution in [0.25, 0.3) is 0 Å². The SMILES string of the molecule is O=C(Cn1c(CO)cnc1SCc1ccc(Cl)cc1)NC1CCCC1. The summed E-state index contributed by atoms with van der Waals surface area (Å²) in [6, 6.07) is 7.96. The van der Waals surface area contributed by atoms with E-state index in [-0.39, 0.29) is 19.1 Å². The maximum atomic E-state index is 12.3. The molecule has 0 aliphatic heterocycles. The Labute approximate surface area is 156 Å². The number of halogens is 1. The second kappa shape index (κ2) is 8.74. The lowest BCUT2D eigenvalue weighted by Gasteiger charge is -2.14. The van der Waals surface area contributed by atoms with Crippen molar-refractivity contribution in [3.63, 3.8) is 0 Å². The summed E-state index contributed by atoms with van der Waals surface area (Å²) in [5.74, 6) is 0.705. The number of carbonyl (C=O) groups is 1. The van der Waals surface area contributed by atoms with Crippen molar-refractivity contribution in [1.29, 1.82) is 0 Å². The zero-order valence-corrected chi connectivity index (χ0v) is 15.5. The Kier molecular flexibility index (Phi) is 6.39. The van der Waals surface area contributed by atoms with Gasteiger partial charge in [0.2, 0.25) is 5.91 Å². The van der Waals surface area contributed by atoms with Crippen LogP contribution in [0.2, 0.25) is 5.02 Å². The highest BCUT2D eigenvalue weighted by atomic mass is 35.5. The molecule has 5 nitrogen and oxygen atoms in total. The Hall–Kier alpha value is -1.50. The first kappa shape index (κ1) is 18.3. The van der Waals surface area contributed by atoms with Gasteiger partial charge in [0.05, 0.1) is 18.5 Å². The summed E-state index contributed by atoms with van der Waals surface area (Å²) >= 11 is 7.45. The summed E-state index contributed by atoms with van der Waals surface area (Å²) < 4.78 is 1.80. The van der Waals surface area contributed by atoms with Crippen LogP contribution in [0.15, 0.2) is 35.6 Å². The van der Waals surface area contributed by atoms with Crippen LogP contribution in [-0.4, -0.2) is 26.6 Å². The van der Waals surface area contributed by atoms with Crippen molar-refractivity contribution in [3.8, 4) is 0 Å². The van der Waals surface area contributed by atoms with Gasteiger partial charge >= 0.3 is 0 Å². The average molecular weight is 380 g/mol. The van der Waals surface area contributed by atoms with Gasteiger partial charge < -0.3 is 15.0 Å². The molecule has 3 rings (SSSR count). The molecule has 1 aliphatic rings. The standard InChI is InChI=1S/C18H22ClN3O2S/c19-14-7-5-13(6-8-14)12-25-18-20-9-16(11-23)22(18)10-17(24)21-15-3-1-2-4-15/h5-9,15,23H,1-4,10-12H2,(H,21,24). The molecule has 2 aromatic rings. The Morgan fingerprint density at radius 2 is 2.04 bits per heavy atom. The van der Waals surface area contributed by atoms with Gasteiger partial charge in [-0.1, -0.05) is 48.3 Å². The van der Waals surface area contributed by atoms with Crippen molar-refractivity contribution in [1.82, 2.24) is 14.9 Å². The van der Waals surface area contributed by atoms with E-state index in [0.29, 0.717) is 16.8 Å². The highest BCUT2D eigenvalue weighted by molar-refractivity contribution is 7.98. The van der Waals surface area contributed by atoms with Crippen molar-refractivity contribution in [2.24, 2.45) is 0 Å². The summed E-state index contributed by atoms with van der Waals surface area (Å²) in [5.41, 5.74) is 1.78. The van der Waals surface area contributed by atoms with Crippen LogP contribution in [0.5, 0.6) is 0 Å². The van der Waals surface area contributed by atoms with E-state index in [1.54, 1.807) is 22.5 Å². The second-order valence-corrected chi connectivity index (χ2v) is 7.62. The molecular formula is C18H22ClN3O2S. The Balaban J connectivity index is 1.64. The van der Waals surface area contributed by atoms with Crippen LogP contribution in [-0.2, 0) is 23.7 Å². The van der Waals surface area contributed by atoms with E-state index < -0.39 is 0 Å². The molecule has 1 aliphatic carbocycles. The molecule has 7 heteroatoms. The second-order valence-electron chi connectivity index (χ2n) is 6.24. The van der Waals surface area contributed by atoms with E-state index in [0.717, 1.165) is 29.3 Å². The van der Waals surface area contributed by atoms with Crippen LogP contribution >= 0.6 is 23.4 Å². The van der Waals surface area contributed by atoms with Gasteiger partial charge in [-0.05, 0) is 30.5 Å². The Bertz CT molecular complexity index is 712. The maximum absolute atomic E-state index is 12.3. The lowest BCUT2D eigenvalue weighted by atomic mass is 10.2. The van der Waals surface area contributed by atoms with Gasteiger partial charge in [0.15, 0.2) is 5.16 Å². The Morgan fingerprint density at radius 3 is 2.72 bits per heavy atom. The number of aliphatic hydroxyl groups excluding tert-OH is 1. The normalized spacial score (nSPS) is 14.8. The first-order valence-corrected chi connectivity index (χ1v) is 9.84. The number of imidazole rings is 1. The summed E-state index contributed by atoms with van der Waals surface area (Å²) in [5, 5.41) is 14.1. The minimum atomic E-state index is -0.134. The fourth-order valence-electron chi connectivity index (χ4n) is 3.02. The molecule has 0 unspecified atom stereocenters. The number of aromatic nitrogens is 2.